The minimum absolute atomic E-state index is 0.299. The fourth-order valence-electron chi connectivity index (χ4n) is 3.41. The average Bonchev–Trinajstić information content (AvgIpc) is 2.76. The molecule has 0 aliphatic heterocycles. The number of sulfonamides is 1. The third-order valence-electron chi connectivity index (χ3n) is 5.00. The third kappa shape index (κ3) is 5.64. The zero-order valence-corrected chi connectivity index (χ0v) is 19.0. The lowest BCUT2D eigenvalue weighted by Gasteiger charge is -2.25. The number of nitrogens with zero attached hydrogens (tertiary/aromatic N) is 1. The summed E-state index contributed by atoms with van der Waals surface area (Å²) >= 11 is 1.51. The monoisotopic (exact) mass is 460 g/mol. The summed E-state index contributed by atoms with van der Waals surface area (Å²) in [6.45, 7) is 0.331. The van der Waals surface area contributed by atoms with Gasteiger partial charge in [-0.2, -0.15) is 16.5 Å². The molecule has 0 radical (unpaired) electrons. The summed E-state index contributed by atoms with van der Waals surface area (Å²) in [5, 5.41) is 2.11. The Kier molecular flexibility index (Phi) is 7.69. The Labute approximate surface area is 186 Å². The molecular formula is C23H25FN2O3S2. The van der Waals surface area contributed by atoms with Gasteiger partial charge in [-0.1, -0.05) is 54.6 Å². The summed E-state index contributed by atoms with van der Waals surface area (Å²) in [6, 6.07) is 17.9. The molecule has 3 aromatic rings. The highest BCUT2D eigenvalue weighted by Crippen LogP contribution is 2.21. The molecule has 0 spiro atoms. The number of amides is 1. The van der Waals surface area contributed by atoms with Crippen molar-refractivity contribution in [1.82, 2.24) is 9.62 Å². The first-order valence-corrected chi connectivity index (χ1v) is 12.7. The molecule has 0 aromatic heterocycles. The number of thioether (sulfide) groups is 1. The highest BCUT2D eigenvalue weighted by molar-refractivity contribution is 7.98. The first-order valence-electron chi connectivity index (χ1n) is 9.81. The van der Waals surface area contributed by atoms with Crippen molar-refractivity contribution in [1.29, 1.82) is 0 Å². The summed E-state index contributed by atoms with van der Waals surface area (Å²) in [6.07, 6.45) is 2.18. The molecule has 1 N–H and O–H groups in total. The van der Waals surface area contributed by atoms with Gasteiger partial charge in [0.1, 0.15) is 16.8 Å². The van der Waals surface area contributed by atoms with Gasteiger partial charge >= 0.3 is 0 Å². The molecule has 31 heavy (non-hydrogen) atoms. The quantitative estimate of drug-likeness (QED) is 0.523. The van der Waals surface area contributed by atoms with Crippen molar-refractivity contribution < 1.29 is 17.6 Å². The highest BCUT2D eigenvalue weighted by atomic mass is 32.2. The molecule has 0 aliphatic carbocycles. The van der Waals surface area contributed by atoms with Crippen LogP contribution in [0.1, 0.15) is 12.0 Å². The summed E-state index contributed by atoms with van der Waals surface area (Å²) in [7, 11) is -2.54. The second-order valence-corrected chi connectivity index (χ2v) is 9.89. The maximum absolute atomic E-state index is 14.1. The summed E-state index contributed by atoms with van der Waals surface area (Å²) < 4.78 is 42.0. The Hall–Kier alpha value is -2.42. The minimum atomic E-state index is -4.19. The Morgan fingerprint density at radius 2 is 1.74 bits per heavy atom. The minimum Gasteiger partial charge on any atom is -0.340 e. The van der Waals surface area contributed by atoms with E-state index < -0.39 is 26.8 Å². The molecule has 3 aromatic carbocycles. The van der Waals surface area contributed by atoms with Gasteiger partial charge in [0.25, 0.3) is 0 Å². The van der Waals surface area contributed by atoms with E-state index in [0.717, 1.165) is 22.4 Å². The molecule has 1 amide bonds. The van der Waals surface area contributed by atoms with E-state index in [4.69, 9.17) is 0 Å². The zero-order chi connectivity index (χ0) is 22.4. The topological polar surface area (TPSA) is 66.5 Å². The molecule has 0 aliphatic rings. The van der Waals surface area contributed by atoms with Crippen molar-refractivity contribution in [2.75, 3.05) is 19.1 Å². The predicted molar refractivity (Wildman–Crippen MR) is 124 cm³/mol. The first kappa shape index (κ1) is 23.2. The van der Waals surface area contributed by atoms with Crippen LogP contribution in [0.4, 0.5) is 4.39 Å². The van der Waals surface area contributed by atoms with Crippen molar-refractivity contribution in [2.45, 2.75) is 23.9 Å². The molecule has 1 unspecified atom stereocenters. The van der Waals surface area contributed by atoms with Gasteiger partial charge < -0.3 is 4.90 Å². The lowest BCUT2D eigenvalue weighted by atomic mass is 10.0. The third-order valence-corrected chi connectivity index (χ3v) is 7.14. The van der Waals surface area contributed by atoms with Crippen LogP contribution >= 0.6 is 11.8 Å². The van der Waals surface area contributed by atoms with Crippen LogP contribution in [0.5, 0.6) is 0 Å². The predicted octanol–water partition coefficient (Wildman–Crippen LogP) is 4.04. The molecule has 5 nitrogen and oxygen atoms in total. The number of fused-ring (bicyclic) bond motifs is 1. The van der Waals surface area contributed by atoms with Crippen LogP contribution < -0.4 is 4.72 Å². The molecule has 0 heterocycles. The highest BCUT2D eigenvalue weighted by Gasteiger charge is 2.29. The molecule has 164 valence electrons. The van der Waals surface area contributed by atoms with E-state index in [9.17, 15) is 17.6 Å². The molecular weight excluding hydrogens is 435 g/mol. The number of benzene rings is 3. The maximum atomic E-state index is 14.1. The zero-order valence-electron chi connectivity index (χ0n) is 17.4. The number of hydrogen-bond acceptors (Lipinski definition) is 4. The number of nitrogens with one attached hydrogen (secondary N) is 1. The second-order valence-electron chi connectivity index (χ2n) is 7.22. The van der Waals surface area contributed by atoms with Gasteiger partial charge in [0.05, 0.1) is 0 Å². The van der Waals surface area contributed by atoms with Crippen molar-refractivity contribution in [2.24, 2.45) is 0 Å². The smallest absolute Gasteiger partial charge is 0.244 e. The van der Waals surface area contributed by atoms with Crippen LogP contribution in [0.15, 0.2) is 71.6 Å². The number of likely N-dealkylation sites (N-methyl/N-ethyl adjacent to an activating group) is 1. The van der Waals surface area contributed by atoms with Gasteiger partial charge in [0, 0.05) is 13.6 Å². The van der Waals surface area contributed by atoms with Gasteiger partial charge in [-0.15, -0.1) is 0 Å². The van der Waals surface area contributed by atoms with E-state index in [-0.39, 0.29) is 5.91 Å². The average molecular weight is 461 g/mol. The molecule has 0 saturated carbocycles. The second kappa shape index (κ2) is 10.3. The van der Waals surface area contributed by atoms with Gasteiger partial charge in [0.2, 0.25) is 15.9 Å². The Bertz CT molecular complexity index is 1160. The van der Waals surface area contributed by atoms with Crippen molar-refractivity contribution in [3.05, 3.63) is 78.1 Å². The van der Waals surface area contributed by atoms with E-state index in [1.165, 1.54) is 34.9 Å². The summed E-state index contributed by atoms with van der Waals surface area (Å²) in [4.78, 5) is 14.2. The Balaban J connectivity index is 1.82. The van der Waals surface area contributed by atoms with Crippen LogP contribution in [-0.2, 0) is 21.4 Å². The Morgan fingerprint density at radius 1 is 1.06 bits per heavy atom. The molecule has 0 saturated heterocycles. The fraction of sp³-hybridized carbons (Fsp3) is 0.261. The van der Waals surface area contributed by atoms with Crippen LogP contribution in [0.2, 0.25) is 0 Å². The van der Waals surface area contributed by atoms with E-state index in [2.05, 4.69) is 4.72 Å². The number of carbonyl (C=O) groups excluding carboxylic acids is 1. The molecule has 0 bridgehead atoms. The number of hydrogen-bond donors (Lipinski definition) is 1. The van der Waals surface area contributed by atoms with Gasteiger partial charge in [-0.05, 0) is 46.9 Å². The van der Waals surface area contributed by atoms with Crippen LogP contribution in [-0.4, -0.2) is 44.3 Å². The largest absolute Gasteiger partial charge is 0.340 e. The maximum Gasteiger partial charge on any atom is 0.244 e. The van der Waals surface area contributed by atoms with E-state index in [1.54, 1.807) is 7.05 Å². The van der Waals surface area contributed by atoms with Crippen LogP contribution in [0.3, 0.4) is 0 Å². The molecule has 1 atom stereocenters. The normalized spacial score (nSPS) is 12.6. The van der Waals surface area contributed by atoms with E-state index in [0.29, 0.717) is 18.7 Å². The molecule has 8 heteroatoms. The SMILES string of the molecule is CSCCC(NS(=O)(=O)c1ccccc1F)C(=O)N(C)Cc1cccc2ccccc12. The van der Waals surface area contributed by atoms with Crippen molar-refractivity contribution in [3.63, 3.8) is 0 Å². The van der Waals surface area contributed by atoms with Gasteiger partial charge in [0.15, 0.2) is 0 Å². The lowest BCUT2D eigenvalue weighted by molar-refractivity contribution is -0.132. The fourth-order valence-corrected chi connectivity index (χ4v) is 5.19. The molecule has 0 fully saturated rings. The van der Waals surface area contributed by atoms with E-state index >= 15 is 0 Å². The van der Waals surface area contributed by atoms with Gasteiger partial charge in [-0.25, -0.2) is 12.8 Å². The Morgan fingerprint density at radius 3 is 2.48 bits per heavy atom. The van der Waals surface area contributed by atoms with Crippen LogP contribution in [0.25, 0.3) is 10.8 Å². The molecule has 3 rings (SSSR count). The van der Waals surface area contributed by atoms with Crippen molar-refractivity contribution in [3.8, 4) is 0 Å². The van der Waals surface area contributed by atoms with Crippen LogP contribution in [0, 0.1) is 5.82 Å². The summed E-state index contributed by atoms with van der Waals surface area (Å²) in [5.74, 6) is -0.629. The first-order chi connectivity index (χ1) is 14.8. The standard InChI is InChI=1S/C23H25FN2O3S2/c1-26(16-18-10-7-9-17-8-3-4-11-19(17)18)23(27)21(14-15-30-2)25-31(28,29)22-13-6-5-12-20(22)24/h3-13,21,25H,14-16H2,1-2H3. The number of halogens is 1. The van der Waals surface area contributed by atoms with Gasteiger partial charge in [-0.3, -0.25) is 4.79 Å². The van der Waals surface area contributed by atoms with Crippen molar-refractivity contribution >= 4 is 38.5 Å². The number of rotatable bonds is 9. The lowest BCUT2D eigenvalue weighted by Crippen LogP contribution is -2.47. The summed E-state index contributed by atoms with van der Waals surface area (Å²) in [5.41, 5.74) is 0.967. The number of carbonyl (C=O) groups is 1. The van der Waals surface area contributed by atoms with E-state index in [1.807, 2.05) is 48.7 Å².